The van der Waals surface area contributed by atoms with E-state index >= 15 is 0 Å². The zero-order valence-corrected chi connectivity index (χ0v) is 16.6. The molecule has 2 amide bonds. The van der Waals surface area contributed by atoms with E-state index in [1.54, 1.807) is 48.4 Å². The predicted molar refractivity (Wildman–Crippen MR) is 112 cm³/mol. The van der Waals surface area contributed by atoms with Crippen LogP contribution in [0.15, 0.2) is 65.3 Å². The average Bonchev–Trinajstić information content (AvgIpc) is 3.33. The molecular formula is C23H22N2O5. The van der Waals surface area contributed by atoms with E-state index in [9.17, 15) is 9.59 Å². The van der Waals surface area contributed by atoms with Gasteiger partial charge in [-0.3, -0.25) is 9.59 Å². The number of furan rings is 1. The fraction of sp³-hybridized carbons (Fsp3) is 0.217. The van der Waals surface area contributed by atoms with Crippen molar-refractivity contribution < 1.29 is 23.5 Å². The number of methoxy groups -OCH3 is 1. The first-order chi connectivity index (χ1) is 14.6. The summed E-state index contributed by atoms with van der Waals surface area (Å²) < 4.78 is 16.0. The lowest BCUT2D eigenvalue weighted by atomic mass is 10.0. The van der Waals surface area contributed by atoms with E-state index in [0.29, 0.717) is 18.0 Å². The molecule has 7 heteroatoms. The van der Waals surface area contributed by atoms with Crippen LogP contribution in [0, 0.1) is 0 Å². The van der Waals surface area contributed by atoms with E-state index in [2.05, 4.69) is 5.32 Å². The third kappa shape index (κ3) is 4.30. The normalized spacial score (nSPS) is 12.8. The van der Waals surface area contributed by atoms with Crippen molar-refractivity contribution in [2.24, 2.45) is 0 Å². The molecule has 0 saturated heterocycles. The van der Waals surface area contributed by atoms with Gasteiger partial charge in [0.05, 0.1) is 13.4 Å². The van der Waals surface area contributed by atoms with Crippen LogP contribution in [0.4, 0.5) is 11.4 Å². The molecule has 3 aromatic rings. The first kappa shape index (κ1) is 19.6. The van der Waals surface area contributed by atoms with Crippen LogP contribution >= 0.6 is 0 Å². The van der Waals surface area contributed by atoms with Crippen molar-refractivity contribution in [1.82, 2.24) is 0 Å². The number of hydrogen-bond acceptors (Lipinski definition) is 5. The van der Waals surface area contributed by atoms with Gasteiger partial charge in [0.1, 0.15) is 11.5 Å². The lowest BCUT2D eigenvalue weighted by Crippen LogP contribution is -2.38. The Morgan fingerprint density at radius 1 is 1.10 bits per heavy atom. The van der Waals surface area contributed by atoms with Crippen LogP contribution in [0.3, 0.4) is 0 Å². The second-order valence-corrected chi connectivity index (χ2v) is 6.89. The van der Waals surface area contributed by atoms with Crippen LogP contribution in [0.1, 0.15) is 22.5 Å². The van der Waals surface area contributed by atoms with E-state index in [-0.39, 0.29) is 24.2 Å². The van der Waals surface area contributed by atoms with Gasteiger partial charge in [-0.15, -0.1) is 0 Å². The van der Waals surface area contributed by atoms with E-state index in [4.69, 9.17) is 13.9 Å². The number of amides is 2. The summed E-state index contributed by atoms with van der Waals surface area (Å²) in [5, 5.41) is 2.73. The van der Waals surface area contributed by atoms with Crippen molar-refractivity contribution in [2.45, 2.75) is 12.8 Å². The van der Waals surface area contributed by atoms with Gasteiger partial charge in [0.2, 0.25) is 0 Å². The molecule has 0 bridgehead atoms. The minimum atomic E-state index is -0.329. The molecule has 4 rings (SSSR count). The van der Waals surface area contributed by atoms with Gasteiger partial charge >= 0.3 is 0 Å². The van der Waals surface area contributed by atoms with Crippen molar-refractivity contribution >= 4 is 23.2 Å². The second-order valence-electron chi connectivity index (χ2n) is 6.89. The molecule has 7 nitrogen and oxygen atoms in total. The molecule has 1 aliphatic rings. The monoisotopic (exact) mass is 406 g/mol. The fourth-order valence-electron chi connectivity index (χ4n) is 3.42. The molecule has 0 saturated carbocycles. The van der Waals surface area contributed by atoms with E-state index in [0.717, 1.165) is 29.8 Å². The summed E-state index contributed by atoms with van der Waals surface area (Å²) in [4.78, 5) is 26.5. The highest BCUT2D eigenvalue weighted by molar-refractivity contribution is 6.02. The lowest BCUT2D eigenvalue weighted by Gasteiger charge is -2.29. The predicted octanol–water partition coefficient (Wildman–Crippen LogP) is 3.90. The number of hydrogen-bond donors (Lipinski definition) is 1. The maximum atomic E-state index is 12.7. The molecular weight excluding hydrogens is 384 g/mol. The summed E-state index contributed by atoms with van der Waals surface area (Å²) in [6.07, 6.45) is 3.26. The summed E-state index contributed by atoms with van der Waals surface area (Å²) in [5.74, 6) is 1.14. The molecule has 154 valence electrons. The minimum absolute atomic E-state index is 0.0659. The van der Waals surface area contributed by atoms with Crippen molar-refractivity contribution in [3.05, 3.63) is 72.2 Å². The zero-order valence-electron chi connectivity index (χ0n) is 16.6. The van der Waals surface area contributed by atoms with Crippen molar-refractivity contribution in [3.8, 4) is 11.5 Å². The zero-order chi connectivity index (χ0) is 20.9. The molecule has 0 aliphatic carbocycles. The van der Waals surface area contributed by atoms with Crippen LogP contribution in [0.25, 0.3) is 0 Å². The Hall–Kier alpha value is -3.74. The minimum Gasteiger partial charge on any atom is -0.497 e. The highest BCUT2D eigenvalue weighted by atomic mass is 16.5. The number of carbonyl (C=O) groups excluding carboxylic acids is 2. The molecule has 30 heavy (non-hydrogen) atoms. The number of carbonyl (C=O) groups is 2. The molecule has 0 atom stereocenters. The smallest absolute Gasteiger partial charge is 0.291 e. The summed E-state index contributed by atoms with van der Waals surface area (Å²) in [6, 6.07) is 15.8. The van der Waals surface area contributed by atoms with Crippen LogP contribution in [-0.2, 0) is 11.2 Å². The number of ether oxygens (including phenoxy) is 2. The summed E-state index contributed by atoms with van der Waals surface area (Å²) in [6.45, 7) is 0.600. The van der Waals surface area contributed by atoms with Crippen LogP contribution in [0.2, 0.25) is 0 Å². The number of nitrogens with zero attached hydrogens (tertiary/aromatic N) is 1. The molecule has 0 unspecified atom stereocenters. The highest BCUT2D eigenvalue weighted by Gasteiger charge is 2.23. The van der Waals surface area contributed by atoms with Gasteiger partial charge < -0.3 is 24.1 Å². The summed E-state index contributed by atoms with van der Waals surface area (Å²) in [5.41, 5.74) is 2.62. The van der Waals surface area contributed by atoms with Crippen molar-refractivity contribution in [2.75, 3.05) is 30.5 Å². The van der Waals surface area contributed by atoms with Crippen LogP contribution in [-0.4, -0.2) is 32.1 Å². The quantitative estimate of drug-likeness (QED) is 0.672. The third-order valence-corrected chi connectivity index (χ3v) is 4.93. The fourth-order valence-corrected chi connectivity index (χ4v) is 3.42. The Bertz CT molecular complexity index is 1030. The number of nitrogens with one attached hydrogen (secondary N) is 1. The summed E-state index contributed by atoms with van der Waals surface area (Å²) >= 11 is 0. The molecule has 0 fully saturated rings. The Kier molecular flexibility index (Phi) is 5.70. The van der Waals surface area contributed by atoms with Gasteiger partial charge in [-0.25, -0.2) is 0 Å². The maximum absolute atomic E-state index is 12.7. The van der Waals surface area contributed by atoms with Crippen molar-refractivity contribution in [1.29, 1.82) is 0 Å². The van der Waals surface area contributed by atoms with Gasteiger partial charge in [0, 0.05) is 17.9 Å². The molecule has 2 heterocycles. The molecule has 1 aliphatic heterocycles. The Morgan fingerprint density at radius 2 is 1.90 bits per heavy atom. The molecule has 2 aromatic carbocycles. The van der Waals surface area contributed by atoms with E-state index in [1.807, 2.05) is 18.2 Å². The first-order valence-electron chi connectivity index (χ1n) is 9.69. The van der Waals surface area contributed by atoms with Gasteiger partial charge in [-0.05, 0) is 73.0 Å². The van der Waals surface area contributed by atoms with E-state index in [1.165, 1.54) is 6.26 Å². The number of rotatable bonds is 6. The summed E-state index contributed by atoms with van der Waals surface area (Å²) in [7, 11) is 1.63. The van der Waals surface area contributed by atoms with Crippen LogP contribution in [0.5, 0.6) is 11.5 Å². The standard InChI is InChI=1S/C23H22N2O5/c1-28-19-10-11-20-16(14-19)4-2-12-25(20)22(26)15-30-18-8-6-17(7-9-18)24-23(27)21-5-3-13-29-21/h3,5-11,13-14H,2,4,12,15H2,1H3,(H,24,27). The number of aryl methyl sites for hydroxylation is 1. The lowest BCUT2D eigenvalue weighted by molar-refractivity contribution is -0.120. The van der Waals surface area contributed by atoms with Crippen molar-refractivity contribution in [3.63, 3.8) is 0 Å². The van der Waals surface area contributed by atoms with Gasteiger partial charge in [0.25, 0.3) is 11.8 Å². The van der Waals surface area contributed by atoms with E-state index < -0.39 is 0 Å². The topological polar surface area (TPSA) is 81.0 Å². The van der Waals surface area contributed by atoms with Gasteiger partial charge in [0.15, 0.2) is 12.4 Å². The molecule has 0 radical (unpaired) electrons. The SMILES string of the molecule is COc1ccc2c(c1)CCCN2C(=O)COc1ccc(NC(=O)c2ccco2)cc1. The number of fused-ring (bicyclic) bond motifs is 1. The third-order valence-electron chi connectivity index (χ3n) is 4.93. The average molecular weight is 406 g/mol. The molecule has 1 N–H and O–H groups in total. The second kappa shape index (κ2) is 8.73. The molecule has 1 aromatic heterocycles. The van der Waals surface area contributed by atoms with Crippen LogP contribution < -0.4 is 19.7 Å². The Morgan fingerprint density at radius 3 is 2.63 bits per heavy atom. The maximum Gasteiger partial charge on any atom is 0.291 e. The number of benzene rings is 2. The first-order valence-corrected chi connectivity index (χ1v) is 9.69. The Labute approximate surface area is 174 Å². The highest BCUT2D eigenvalue weighted by Crippen LogP contribution is 2.30. The Balaban J connectivity index is 1.35. The number of anilines is 2. The molecule has 0 spiro atoms. The largest absolute Gasteiger partial charge is 0.497 e. The van der Waals surface area contributed by atoms with Gasteiger partial charge in [-0.1, -0.05) is 0 Å². The van der Waals surface area contributed by atoms with Gasteiger partial charge in [-0.2, -0.15) is 0 Å².